The van der Waals surface area contributed by atoms with Gasteiger partial charge < -0.3 is 10.2 Å². The van der Waals surface area contributed by atoms with Crippen LogP contribution in [0, 0.1) is 5.82 Å². The van der Waals surface area contributed by atoms with E-state index >= 15 is 0 Å². The third-order valence-corrected chi connectivity index (χ3v) is 4.34. The first-order chi connectivity index (χ1) is 11.6. The average molecular weight is 343 g/mol. The SMILES string of the molecule is CN(C)c1ncccc1CNc1nnc(Cc2ccc(F)cc2)s1. The van der Waals surface area contributed by atoms with Gasteiger partial charge in [-0.1, -0.05) is 29.5 Å². The van der Waals surface area contributed by atoms with E-state index in [-0.39, 0.29) is 5.82 Å². The molecule has 0 saturated heterocycles. The number of nitrogens with zero attached hydrogens (tertiary/aromatic N) is 4. The first-order valence-corrected chi connectivity index (χ1v) is 8.35. The third-order valence-electron chi connectivity index (χ3n) is 3.46. The Morgan fingerprint density at radius 1 is 1.12 bits per heavy atom. The first kappa shape index (κ1) is 16.3. The van der Waals surface area contributed by atoms with Crippen LogP contribution in [0.15, 0.2) is 42.6 Å². The molecule has 3 aromatic rings. The minimum atomic E-state index is -0.230. The van der Waals surface area contributed by atoms with Crippen molar-refractivity contribution in [2.75, 3.05) is 24.3 Å². The van der Waals surface area contributed by atoms with Gasteiger partial charge in [0.05, 0.1) is 0 Å². The van der Waals surface area contributed by atoms with Crippen LogP contribution in [0.1, 0.15) is 16.1 Å². The molecular formula is C17H18FN5S. The van der Waals surface area contributed by atoms with Crippen LogP contribution in [0.3, 0.4) is 0 Å². The summed E-state index contributed by atoms with van der Waals surface area (Å²) in [4.78, 5) is 6.36. The van der Waals surface area contributed by atoms with Crippen LogP contribution in [-0.2, 0) is 13.0 Å². The van der Waals surface area contributed by atoms with Crippen LogP contribution in [-0.4, -0.2) is 29.3 Å². The van der Waals surface area contributed by atoms with Gasteiger partial charge in [0, 0.05) is 38.8 Å². The lowest BCUT2D eigenvalue weighted by Gasteiger charge is -2.15. The number of rotatable bonds is 6. The molecule has 124 valence electrons. The van der Waals surface area contributed by atoms with Gasteiger partial charge in [-0.2, -0.15) is 0 Å². The monoisotopic (exact) mass is 343 g/mol. The molecule has 0 aliphatic carbocycles. The molecule has 0 bridgehead atoms. The van der Waals surface area contributed by atoms with Crippen LogP contribution < -0.4 is 10.2 Å². The van der Waals surface area contributed by atoms with E-state index in [0.29, 0.717) is 13.0 Å². The van der Waals surface area contributed by atoms with Crippen molar-refractivity contribution in [3.63, 3.8) is 0 Å². The molecule has 0 amide bonds. The topological polar surface area (TPSA) is 53.9 Å². The number of halogens is 1. The molecule has 5 nitrogen and oxygen atoms in total. The Hall–Kier alpha value is -2.54. The van der Waals surface area contributed by atoms with Gasteiger partial charge in [-0.3, -0.25) is 0 Å². The Morgan fingerprint density at radius 2 is 1.92 bits per heavy atom. The summed E-state index contributed by atoms with van der Waals surface area (Å²) in [7, 11) is 3.94. The van der Waals surface area contributed by atoms with Gasteiger partial charge in [0.25, 0.3) is 0 Å². The van der Waals surface area contributed by atoms with Gasteiger partial charge in [0.15, 0.2) is 0 Å². The number of anilines is 2. The summed E-state index contributed by atoms with van der Waals surface area (Å²) in [5.41, 5.74) is 2.11. The second kappa shape index (κ2) is 7.35. The predicted molar refractivity (Wildman–Crippen MR) is 95.0 cm³/mol. The van der Waals surface area contributed by atoms with Gasteiger partial charge >= 0.3 is 0 Å². The van der Waals surface area contributed by atoms with E-state index < -0.39 is 0 Å². The molecule has 0 radical (unpaired) electrons. The zero-order chi connectivity index (χ0) is 16.9. The van der Waals surface area contributed by atoms with Crippen molar-refractivity contribution in [1.82, 2.24) is 15.2 Å². The standard InChI is InChI=1S/C17H18FN5S/c1-23(2)16-13(4-3-9-19-16)11-20-17-22-21-15(24-17)10-12-5-7-14(18)8-6-12/h3-9H,10-11H2,1-2H3,(H,20,22). The number of nitrogens with one attached hydrogen (secondary N) is 1. The fourth-order valence-corrected chi connectivity index (χ4v) is 3.08. The lowest BCUT2D eigenvalue weighted by Crippen LogP contribution is -2.14. The summed E-state index contributed by atoms with van der Waals surface area (Å²) >= 11 is 1.50. The fraction of sp³-hybridized carbons (Fsp3) is 0.235. The molecule has 0 aliphatic rings. The molecule has 0 atom stereocenters. The van der Waals surface area contributed by atoms with Gasteiger partial charge in [-0.05, 0) is 23.8 Å². The van der Waals surface area contributed by atoms with Crippen molar-refractivity contribution in [2.24, 2.45) is 0 Å². The van der Waals surface area contributed by atoms with E-state index in [1.165, 1.54) is 23.5 Å². The lowest BCUT2D eigenvalue weighted by molar-refractivity contribution is 0.627. The number of aromatic nitrogens is 3. The van der Waals surface area contributed by atoms with E-state index in [1.807, 2.05) is 31.1 Å². The van der Waals surface area contributed by atoms with Gasteiger partial charge in [-0.15, -0.1) is 10.2 Å². The molecule has 2 heterocycles. The van der Waals surface area contributed by atoms with Crippen LogP contribution >= 0.6 is 11.3 Å². The minimum absolute atomic E-state index is 0.230. The van der Waals surface area contributed by atoms with Crippen molar-refractivity contribution < 1.29 is 4.39 Å². The number of pyridine rings is 1. The molecule has 0 spiro atoms. The zero-order valence-electron chi connectivity index (χ0n) is 13.5. The number of hydrogen-bond donors (Lipinski definition) is 1. The van der Waals surface area contributed by atoms with Gasteiger partial charge in [0.1, 0.15) is 16.6 Å². The van der Waals surface area contributed by atoms with Crippen molar-refractivity contribution >= 4 is 22.3 Å². The molecule has 7 heteroatoms. The average Bonchev–Trinajstić information content (AvgIpc) is 3.03. The third kappa shape index (κ3) is 4.05. The van der Waals surface area contributed by atoms with Crippen LogP contribution in [0.25, 0.3) is 0 Å². The van der Waals surface area contributed by atoms with E-state index in [1.54, 1.807) is 18.3 Å². The Morgan fingerprint density at radius 3 is 2.67 bits per heavy atom. The maximum Gasteiger partial charge on any atom is 0.205 e. The van der Waals surface area contributed by atoms with E-state index in [9.17, 15) is 4.39 Å². The lowest BCUT2D eigenvalue weighted by atomic mass is 10.2. The molecular weight excluding hydrogens is 325 g/mol. The molecule has 0 saturated carbocycles. The highest BCUT2D eigenvalue weighted by molar-refractivity contribution is 7.15. The Balaban J connectivity index is 1.63. The number of hydrogen-bond acceptors (Lipinski definition) is 6. The highest BCUT2D eigenvalue weighted by Crippen LogP contribution is 2.21. The second-order valence-electron chi connectivity index (χ2n) is 5.54. The summed E-state index contributed by atoms with van der Waals surface area (Å²) in [6.45, 7) is 0.631. The molecule has 24 heavy (non-hydrogen) atoms. The minimum Gasteiger partial charge on any atom is -0.362 e. The molecule has 0 fully saturated rings. The van der Waals surface area contributed by atoms with E-state index in [4.69, 9.17) is 0 Å². The van der Waals surface area contributed by atoms with Crippen molar-refractivity contribution in [1.29, 1.82) is 0 Å². The van der Waals surface area contributed by atoms with Gasteiger partial charge in [-0.25, -0.2) is 9.37 Å². The Kier molecular flexibility index (Phi) is 5.00. The van der Waals surface area contributed by atoms with Crippen molar-refractivity contribution in [3.8, 4) is 0 Å². The maximum absolute atomic E-state index is 12.9. The van der Waals surface area contributed by atoms with Crippen LogP contribution in [0.2, 0.25) is 0 Å². The van der Waals surface area contributed by atoms with Crippen molar-refractivity contribution in [3.05, 3.63) is 64.5 Å². The molecule has 1 aromatic carbocycles. The second-order valence-corrected chi connectivity index (χ2v) is 6.60. The summed E-state index contributed by atoms with van der Waals surface area (Å²) in [5.74, 6) is 0.701. The molecule has 1 N–H and O–H groups in total. The van der Waals surface area contributed by atoms with Gasteiger partial charge in [0.2, 0.25) is 5.13 Å². The molecule has 0 aliphatic heterocycles. The molecule has 3 rings (SSSR count). The first-order valence-electron chi connectivity index (χ1n) is 7.54. The van der Waals surface area contributed by atoms with E-state index in [2.05, 4.69) is 20.5 Å². The predicted octanol–water partition coefficient (Wildman–Crippen LogP) is 3.34. The molecule has 0 unspecified atom stereocenters. The van der Waals surface area contributed by atoms with Crippen LogP contribution in [0.4, 0.5) is 15.3 Å². The normalized spacial score (nSPS) is 10.6. The smallest absolute Gasteiger partial charge is 0.205 e. The number of benzene rings is 1. The van der Waals surface area contributed by atoms with E-state index in [0.717, 1.165) is 27.1 Å². The largest absolute Gasteiger partial charge is 0.362 e. The summed E-state index contributed by atoms with van der Waals surface area (Å²) in [6.07, 6.45) is 2.43. The fourth-order valence-electron chi connectivity index (χ4n) is 2.32. The molecule has 2 aromatic heterocycles. The van der Waals surface area contributed by atoms with Crippen molar-refractivity contribution in [2.45, 2.75) is 13.0 Å². The maximum atomic E-state index is 12.9. The summed E-state index contributed by atoms with van der Waals surface area (Å²) < 4.78 is 12.9. The highest BCUT2D eigenvalue weighted by Gasteiger charge is 2.08. The summed E-state index contributed by atoms with van der Waals surface area (Å²) in [5, 5.41) is 13.3. The Bertz CT molecular complexity index is 801. The zero-order valence-corrected chi connectivity index (χ0v) is 14.3. The quantitative estimate of drug-likeness (QED) is 0.744. The highest BCUT2D eigenvalue weighted by atomic mass is 32.1. The summed E-state index contributed by atoms with van der Waals surface area (Å²) in [6, 6.07) is 10.4. The van der Waals surface area contributed by atoms with Crippen LogP contribution in [0.5, 0.6) is 0 Å². The Labute approximate surface area is 144 Å².